The maximum Gasteiger partial charge on any atom is 0.268 e. The Morgan fingerprint density at radius 1 is 1.09 bits per heavy atom. The molecule has 0 atom stereocenters. The maximum absolute atomic E-state index is 13.0. The monoisotopic (exact) mass is 424 g/mol. The molecule has 3 aromatic rings. The second kappa shape index (κ2) is 9.40. The molecular weight excluding hydrogens is 400 g/mol. The van der Waals surface area contributed by atoms with Crippen molar-refractivity contribution in [2.75, 3.05) is 18.6 Å². The number of rotatable bonds is 6. The number of anilines is 1. The summed E-state index contributed by atoms with van der Waals surface area (Å²) in [7, 11) is 1.57. The van der Waals surface area contributed by atoms with E-state index in [1.165, 1.54) is 5.56 Å². The fraction of sp³-hybridized carbons (Fsp3) is 0.185. The summed E-state index contributed by atoms with van der Waals surface area (Å²) >= 11 is 0. The molecule has 0 saturated carbocycles. The van der Waals surface area contributed by atoms with Crippen LogP contribution in [0.4, 0.5) is 5.69 Å². The number of hydrogen-bond donors (Lipinski definition) is 0. The van der Waals surface area contributed by atoms with E-state index in [2.05, 4.69) is 6.07 Å². The van der Waals surface area contributed by atoms with E-state index in [1.54, 1.807) is 30.2 Å². The van der Waals surface area contributed by atoms with Gasteiger partial charge in [0.05, 0.1) is 7.11 Å². The molecule has 0 radical (unpaired) electrons. The summed E-state index contributed by atoms with van der Waals surface area (Å²) in [5, 5.41) is 9.66. The van der Waals surface area contributed by atoms with Crippen molar-refractivity contribution in [2.24, 2.45) is 0 Å². The van der Waals surface area contributed by atoms with E-state index >= 15 is 0 Å². The Morgan fingerprint density at radius 2 is 1.88 bits per heavy atom. The minimum Gasteiger partial charge on any atom is -0.493 e. The molecule has 0 aliphatic carbocycles. The Labute approximate surface area is 188 Å². The fourth-order valence-electron chi connectivity index (χ4n) is 3.74. The third-order valence-electron chi connectivity index (χ3n) is 5.50. The molecule has 0 N–H and O–H groups in total. The van der Waals surface area contributed by atoms with Gasteiger partial charge in [0.1, 0.15) is 18.2 Å². The van der Waals surface area contributed by atoms with Gasteiger partial charge in [-0.3, -0.25) is 4.79 Å². The standard InChI is InChI=1S/C27H24N2O3/c1-19-7-9-20(10-8-19)18-32-25-12-11-21(16-26(25)31-2)15-23(17-28)27(30)29-14-13-22-5-3-4-6-24(22)29/h3-12,15-16H,13-14,18H2,1-2H3. The molecule has 5 nitrogen and oxygen atoms in total. The highest BCUT2D eigenvalue weighted by Crippen LogP contribution is 2.31. The largest absolute Gasteiger partial charge is 0.493 e. The number of hydrogen-bond acceptors (Lipinski definition) is 4. The first-order chi connectivity index (χ1) is 15.6. The van der Waals surface area contributed by atoms with E-state index < -0.39 is 0 Å². The van der Waals surface area contributed by atoms with Crippen LogP contribution in [0.15, 0.2) is 72.3 Å². The van der Waals surface area contributed by atoms with E-state index in [0.29, 0.717) is 30.2 Å². The number of nitriles is 1. The van der Waals surface area contributed by atoms with Crippen LogP contribution in [0.25, 0.3) is 6.08 Å². The van der Waals surface area contributed by atoms with Crippen molar-refractivity contribution >= 4 is 17.7 Å². The first kappa shape index (κ1) is 21.2. The molecule has 1 aliphatic rings. The number of para-hydroxylation sites is 1. The lowest BCUT2D eigenvalue weighted by molar-refractivity contribution is -0.114. The van der Waals surface area contributed by atoms with Gasteiger partial charge in [0.2, 0.25) is 0 Å². The zero-order valence-corrected chi connectivity index (χ0v) is 18.2. The summed E-state index contributed by atoms with van der Waals surface area (Å²) in [5.74, 6) is 0.849. The first-order valence-corrected chi connectivity index (χ1v) is 10.5. The lowest BCUT2D eigenvalue weighted by atomic mass is 10.1. The smallest absolute Gasteiger partial charge is 0.268 e. The molecule has 0 aromatic heterocycles. The summed E-state index contributed by atoms with van der Waals surface area (Å²) in [6.45, 7) is 3.04. The maximum atomic E-state index is 13.0. The van der Waals surface area contributed by atoms with Crippen LogP contribution >= 0.6 is 0 Å². The average molecular weight is 425 g/mol. The molecule has 1 aliphatic heterocycles. The molecule has 0 unspecified atom stereocenters. The summed E-state index contributed by atoms with van der Waals surface area (Å²) in [4.78, 5) is 14.7. The number of methoxy groups -OCH3 is 1. The normalized spacial score (nSPS) is 12.8. The van der Waals surface area contributed by atoms with Crippen molar-refractivity contribution in [3.63, 3.8) is 0 Å². The van der Waals surface area contributed by atoms with Gasteiger partial charge in [-0.25, -0.2) is 0 Å². The summed E-state index contributed by atoms with van der Waals surface area (Å²) < 4.78 is 11.4. The molecule has 5 heteroatoms. The number of aryl methyl sites for hydroxylation is 1. The molecule has 0 saturated heterocycles. The molecule has 4 rings (SSSR count). The van der Waals surface area contributed by atoms with Crippen molar-refractivity contribution in [3.05, 3.63) is 94.6 Å². The van der Waals surface area contributed by atoms with Gasteiger partial charge in [0.15, 0.2) is 11.5 Å². The molecule has 1 heterocycles. The zero-order chi connectivity index (χ0) is 22.5. The molecule has 32 heavy (non-hydrogen) atoms. The summed E-state index contributed by atoms with van der Waals surface area (Å²) in [5.41, 5.74) is 5.03. The number of fused-ring (bicyclic) bond motifs is 1. The van der Waals surface area contributed by atoms with Gasteiger partial charge in [-0.2, -0.15) is 5.26 Å². The zero-order valence-electron chi connectivity index (χ0n) is 18.2. The molecule has 0 spiro atoms. The van der Waals surface area contributed by atoms with Crippen LogP contribution < -0.4 is 14.4 Å². The molecule has 0 bridgehead atoms. The lowest BCUT2D eigenvalue weighted by Gasteiger charge is -2.16. The quantitative estimate of drug-likeness (QED) is 0.409. The van der Waals surface area contributed by atoms with Gasteiger partial charge in [0.25, 0.3) is 5.91 Å². The van der Waals surface area contributed by atoms with Crippen LogP contribution in [-0.4, -0.2) is 19.6 Å². The second-order valence-electron chi connectivity index (χ2n) is 7.69. The highest BCUT2D eigenvalue weighted by Gasteiger charge is 2.26. The topological polar surface area (TPSA) is 62.6 Å². The number of carbonyl (C=O) groups excluding carboxylic acids is 1. The SMILES string of the molecule is COc1cc(C=C(C#N)C(=O)N2CCc3ccccc32)ccc1OCc1ccc(C)cc1. The van der Waals surface area contributed by atoms with E-state index in [4.69, 9.17) is 9.47 Å². The van der Waals surface area contributed by atoms with E-state index in [0.717, 1.165) is 23.2 Å². The molecule has 1 amide bonds. The summed E-state index contributed by atoms with van der Waals surface area (Å²) in [6.07, 6.45) is 2.39. The van der Waals surface area contributed by atoms with E-state index in [9.17, 15) is 10.1 Å². The molecular formula is C27H24N2O3. The Balaban J connectivity index is 1.53. The number of amides is 1. The highest BCUT2D eigenvalue weighted by molar-refractivity contribution is 6.12. The van der Waals surface area contributed by atoms with Gasteiger partial charge in [-0.05, 0) is 54.3 Å². The average Bonchev–Trinajstić information content (AvgIpc) is 3.26. The minimum absolute atomic E-state index is 0.0806. The van der Waals surface area contributed by atoms with Crippen LogP contribution in [0.5, 0.6) is 11.5 Å². The van der Waals surface area contributed by atoms with Crippen molar-refractivity contribution in [1.29, 1.82) is 5.26 Å². The van der Waals surface area contributed by atoms with Crippen LogP contribution in [0.1, 0.15) is 22.3 Å². The minimum atomic E-state index is -0.295. The number of nitrogens with zero attached hydrogens (tertiary/aromatic N) is 2. The van der Waals surface area contributed by atoms with Crippen LogP contribution in [0, 0.1) is 18.3 Å². The molecule has 3 aromatic carbocycles. The number of ether oxygens (including phenoxy) is 2. The van der Waals surface area contributed by atoms with Gasteiger partial charge in [-0.1, -0.05) is 54.1 Å². The van der Waals surface area contributed by atoms with Crippen molar-refractivity contribution in [3.8, 4) is 17.6 Å². The number of carbonyl (C=O) groups is 1. The van der Waals surface area contributed by atoms with Crippen LogP contribution in [-0.2, 0) is 17.8 Å². The van der Waals surface area contributed by atoms with Crippen LogP contribution in [0.3, 0.4) is 0 Å². The lowest BCUT2D eigenvalue weighted by Crippen LogP contribution is -2.29. The highest BCUT2D eigenvalue weighted by atomic mass is 16.5. The fourth-order valence-corrected chi connectivity index (χ4v) is 3.74. The van der Waals surface area contributed by atoms with Gasteiger partial charge >= 0.3 is 0 Å². The van der Waals surface area contributed by atoms with Crippen molar-refractivity contribution in [1.82, 2.24) is 0 Å². The third kappa shape index (κ3) is 4.50. The Hall–Kier alpha value is -4.04. The molecule has 0 fully saturated rings. The van der Waals surface area contributed by atoms with Crippen LogP contribution in [0.2, 0.25) is 0 Å². The van der Waals surface area contributed by atoms with Gasteiger partial charge in [-0.15, -0.1) is 0 Å². The van der Waals surface area contributed by atoms with Gasteiger partial charge < -0.3 is 14.4 Å². The van der Waals surface area contributed by atoms with E-state index in [-0.39, 0.29) is 11.5 Å². The summed E-state index contributed by atoms with van der Waals surface area (Å²) in [6, 6.07) is 23.4. The Morgan fingerprint density at radius 3 is 2.62 bits per heavy atom. The van der Waals surface area contributed by atoms with E-state index in [1.807, 2.05) is 61.5 Å². The predicted molar refractivity (Wildman–Crippen MR) is 125 cm³/mol. The van der Waals surface area contributed by atoms with Gasteiger partial charge in [0, 0.05) is 12.2 Å². The Bertz CT molecular complexity index is 1210. The first-order valence-electron chi connectivity index (χ1n) is 10.5. The Kier molecular flexibility index (Phi) is 6.23. The molecule has 160 valence electrons. The second-order valence-corrected chi connectivity index (χ2v) is 7.69. The van der Waals surface area contributed by atoms with Crippen molar-refractivity contribution in [2.45, 2.75) is 20.0 Å². The number of benzene rings is 3. The predicted octanol–water partition coefficient (Wildman–Crippen LogP) is 5.08. The van der Waals surface area contributed by atoms with Crippen molar-refractivity contribution < 1.29 is 14.3 Å². The third-order valence-corrected chi connectivity index (χ3v) is 5.50.